The average molecular weight is 649 g/mol. The number of amides is 1. The summed E-state index contributed by atoms with van der Waals surface area (Å²) in [5, 5.41) is 12.2. The summed E-state index contributed by atoms with van der Waals surface area (Å²) >= 11 is 0. The number of nitriles is 1. The van der Waals surface area contributed by atoms with Gasteiger partial charge in [0, 0.05) is 61.9 Å². The molecule has 0 radical (unpaired) electrons. The number of ether oxygens (including phenoxy) is 1. The Labute approximate surface area is 284 Å². The molecule has 4 aliphatic rings. The number of benzene rings is 2. The number of aromatic nitrogens is 2. The molecule has 1 amide bonds. The second-order valence-electron chi connectivity index (χ2n) is 14.3. The SMILES string of the molecule is C=CC(=O)N1CCN(c2nc(OCC3(N4CCC(N(C)C)CC4)CC3)nc3c2CCN(c2cccc4cccc(C)c24)C3)C[C@@H]1CC#N. The maximum absolute atomic E-state index is 12.7. The molecule has 2 saturated heterocycles. The summed E-state index contributed by atoms with van der Waals surface area (Å²) < 4.78 is 6.59. The van der Waals surface area contributed by atoms with Crippen molar-refractivity contribution in [3.8, 4) is 12.1 Å². The Bertz CT molecular complexity index is 1720. The third-order valence-corrected chi connectivity index (χ3v) is 11.2. The highest BCUT2D eigenvalue weighted by Gasteiger charge is 2.50. The van der Waals surface area contributed by atoms with Gasteiger partial charge in [0.2, 0.25) is 5.91 Å². The summed E-state index contributed by atoms with van der Waals surface area (Å²) in [6, 6.07) is 16.2. The minimum atomic E-state index is -0.234. The van der Waals surface area contributed by atoms with Crippen LogP contribution in [0, 0.1) is 18.3 Å². The number of piperazine rings is 1. The van der Waals surface area contributed by atoms with Gasteiger partial charge >= 0.3 is 6.01 Å². The van der Waals surface area contributed by atoms with Crippen LogP contribution < -0.4 is 14.5 Å². The predicted octanol–water partition coefficient (Wildman–Crippen LogP) is 4.56. The van der Waals surface area contributed by atoms with Gasteiger partial charge in [0.1, 0.15) is 12.4 Å². The summed E-state index contributed by atoms with van der Waals surface area (Å²) in [5.74, 6) is 0.753. The normalized spacial score (nSPS) is 21.2. The van der Waals surface area contributed by atoms with Crippen molar-refractivity contribution in [2.24, 2.45) is 0 Å². The van der Waals surface area contributed by atoms with Gasteiger partial charge in [-0.05, 0) is 76.2 Å². The number of carbonyl (C=O) groups is 1. The highest BCUT2D eigenvalue weighted by molar-refractivity contribution is 5.97. The van der Waals surface area contributed by atoms with Crippen LogP contribution in [0.15, 0.2) is 49.1 Å². The highest BCUT2D eigenvalue weighted by Crippen LogP contribution is 2.44. The number of fused-ring (bicyclic) bond motifs is 2. The van der Waals surface area contributed by atoms with Crippen molar-refractivity contribution in [2.75, 3.05) is 69.8 Å². The van der Waals surface area contributed by atoms with Crippen LogP contribution in [0.3, 0.4) is 0 Å². The Kier molecular flexibility index (Phi) is 9.01. The lowest BCUT2D eigenvalue weighted by Crippen LogP contribution is -2.55. The van der Waals surface area contributed by atoms with E-state index in [0.29, 0.717) is 44.8 Å². The monoisotopic (exact) mass is 648 g/mol. The van der Waals surface area contributed by atoms with Crippen molar-refractivity contribution in [1.29, 1.82) is 5.26 Å². The molecule has 3 fully saturated rings. The van der Waals surface area contributed by atoms with Gasteiger partial charge in [-0.25, -0.2) is 0 Å². The highest BCUT2D eigenvalue weighted by atomic mass is 16.5. The minimum Gasteiger partial charge on any atom is -0.461 e. The summed E-state index contributed by atoms with van der Waals surface area (Å²) in [4.78, 5) is 34.3. The largest absolute Gasteiger partial charge is 0.461 e. The van der Waals surface area contributed by atoms with Crippen molar-refractivity contribution in [1.82, 2.24) is 24.7 Å². The molecule has 1 aromatic heterocycles. The second-order valence-corrected chi connectivity index (χ2v) is 14.3. The molecule has 0 spiro atoms. The summed E-state index contributed by atoms with van der Waals surface area (Å²) in [5.41, 5.74) is 4.69. The molecule has 0 N–H and O–H groups in total. The molecular weight excluding hydrogens is 600 g/mol. The van der Waals surface area contributed by atoms with E-state index in [1.54, 1.807) is 4.90 Å². The predicted molar refractivity (Wildman–Crippen MR) is 189 cm³/mol. The second kappa shape index (κ2) is 13.4. The number of hydrogen-bond donors (Lipinski definition) is 0. The first-order chi connectivity index (χ1) is 23.3. The third kappa shape index (κ3) is 6.22. The first-order valence-corrected chi connectivity index (χ1v) is 17.5. The lowest BCUT2D eigenvalue weighted by molar-refractivity contribution is -0.128. The van der Waals surface area contributed by atoms with Crippen molar-refractivity contribution in [3.05, 3.63) is 65.9 Å². The van der Waals surface area contributed by atoms with E-state index in [1.165, 1.54) is 40.9 Å². The number of carbonyl (C=O) groups excluding carboxylic acids is 1. The molecular formula is C38H48N8O2. The van der Waals surface area contributed by atoms with Crippen LogP contribution in [0.1, 0.15) is 48.9 Å². The molecule has 7 rings (SSSR count). The fourth-order valence-electron chi connectivity index (χ4n) is 8.18. The van der Waals surface area contributed by atoms with Crippen molar-refractivity contribution < 1.29 is 9.53 Å². The first kappa shape index (κ1) is 32.4. The number of nitrogens with zero attached hydrogens (tertiary/aromatic N) is 8. The molecule has 10 heteroatoms. The Morgan fingerprint density at radius 1 is 1.08 bits per heavy atom. The molecule has 0 unspecified atom stereocenters. The van der Waals surface area contributed by atoms with Crippen LogP contribution in [-0.2, 0) is 17.8 Å². The molecule has 48 heavy (non-hydrogen) atoms. The molecule has 4 heterocycles. The van der Waals surface area contributed by atoms with E-state index in [4.69, 9.17) is 14.7 Å². The number of rotatable bonds is 9. The lowest BCUT2D eigenvalue weighted by Gasteiger charge is -2.42. The van der Waals surface area contributed by atoms with E-state index >= 15 is 0 Å². The molecule has 3 aromatic rings. The Hall–Kier alpha value is -4.20. The van der Waals surface area contributed by atoms with Crippen LogP contribution in [0.2, 0.25) is 0 Å². The van der Waals surface area contributed by atoms with Gasteiger partial charge < -0.3 is 24.3 Å². The van der Waals surface area contributed by atoms with Crippen LogP contribution in [0.5, 0.6) is 6.01 Å². The molecule has 3 aliphatic heterocycles. The van der Waals surface area contributed by atoms with Crippen LogP contribution in [-0.4, -0.2) is 108 Å². The van der Waals surface area contributed by atoms with E-state index in [1.807, 2.05) is 0 Å². The van der Waals surface area contributed by atoms with Gasteiger partial charge in [-0.1, -0.05) is 36.9 Å². The van der Waals surface area contributed by atoms with E-state index in [0.717, 1.165) is 56.0 Å². The maximum Gasteiger partial charge on any atom is 0.318 e. The van der Waals surface area contributed by atoms with Gasteiger partial charge in [0.25, 0.3) is 0 Å². The van der Waals surface area contributed by atoms with E-state index in [2.05, 4.69) is 89.7 Å². The Morgan fingerprint density at radius 2 is 1.85 bits per heavy atom. The Morgan fingerprint density at radius 3 is 2.56 bits per heavy atom. The van der Waals surface area contributed by atoms with Gasteiger partial charge in [-0.15, -0.1) is 0 Å². The number of anilines is 2. The molecule has 1 saturated carbocycles. The van der Waals surface area contributed by atoms with Gasteiger partial charge in [0.05, 0.1) is 36.3 Å². The van der Waals surface area contributed by atoms with Gasteiger partial charge in [-0.2, -0.15) is 15.2 Å². The average Bonchev–Trinajstić information content (AvgIpc) is 3.91. The molecule has 2 aromatic carbocycles. The van der Waals surface area contributed by atoms with Gasteiger partial charge in [-0.3, -0.25) is 9.69 Å². The zero-order valence-electron chi connectivity index (χ0n) is 28.7. The van der Waals surface area contributed by atoms with E-state index in [-0.39, 0.29) is 23.9 Å². The van der Waals surface area contributed by atoms with Crippen LogP contribution in [0.4, 0.5) is 11.5 Å². The zero-order valence-corrected chi connectivity index (χ0v) is 28.7. The standard InChI is InChI=1S/C38H48N8O2/c1-5-34(47)46-23-22-44(24-30(46)12-18-39)36-31-15-19-43(33-11-7-10-28-9-6-8-27(2)35(28)33)25-32(31)40-37(41-36)48-26-38(16-17-38)45-20-13-29(14-21-45)42(3)4/h5-11,29-30H,1,12-17,19-26H2,2-4H3/t30-/m0/s1. The zero-order chi connectivity index (χ0) is 33.4. The van der Waals surface area contributed by atoms with Gasteiger partial charge in [0.15, 0.2) is 0 Å². The summed E-state index contributed by atoms with van der Waals surface area (Å²) in [6.07, 6.45) is 7.05. The molecule has 0 bridgehead atoms. The number of piperidine rings is 1. The number of aryl methyl sites for hydroxylation is 1. The van der Waals surface area contributed by atoms with Crippen molar-refractivity contribution in [2.45, 2.75) is 69.6 Å². The van der Waals surface area contributed by atoms with E-state index < -0.39 is 0 Å². The number of hydrogen-bond acceptors (Lipinski definition) is 9. The topological polar surface area (TPSA) is 92.1 Å². The Balaban J connectivity index is 1.18. The lowest BCUT2D eigenvalue weighted by atomic mass is 9.99. The minimum absolute atomic E-state index is 0.0673. The fourth-order valence-corrected chi connectivity index (χ4v) is 8.18. The number of likely N-dealkylation sites (tertiary alicyclic amines) is 1. The van der Waals surface area contributed by atoms with Crippen molar-refractivity contribution >= 4 is 28.2 Å². The molecule has 252 valence electrons. The first-order valence-electron chi connectivity index (χ1n) is 17.5. The van der Waals surface area contributed by atoms with Crippen LogP contribution >= 0.6 is 0 Å². The fraction of sp³-hybridized carbons (Fsp3) is 0.526. The summed E-state index contributed by atoms with van der Waals surface area (Å²) in [6.45, 7) is 11.8. The smallest absolute Gasteiger partial charge is 0.318 e. The van der Waals surface area contributed by atoms with Crippen LogP contribution in [0.25, 0.3) is 10.8 Å². The maximum atomic E-state index is 12.7. The molecule has 1 aliphatic carbocycles. The quantitative estimate of drug-likeness (QED) is 0.310. The van der Waals surface area contributed by atoms with E-state index in [9.17, 15) is 10.1 Å². The third-order valence-electron chi connectivity index (χ3n) is 11.2. The van der Waals surface area contributed by atoms with Crippen molar-refractivity contribution in [3.63, 3.8) is 0 Å². The molecule has 10 nitrogen and oxygen atoms in total. The summed E-state index contributed by atoms with van der Waals surface area (Å²) in [7, 11) is 4.37. The molecule has 1 atom stereocenters.